The quantitative estimate of drug-likeness (QED) is 0.323. The zero-order chi connectivity index (χ0) is 17.1. The molecule has 0 saturated carbocycles. The van der Waals surface area contributed by atoms with Crippen molar-refractivity contribution in [2.75, 3.05) is 13.7 Å². The summed E-state index contributed by atoms with van der Waals surface area (Å²) >= 11 is 0. The molecule has 22 heavy (non-hydrogen) atoms. The van der Waals surface area contributed by atoms with Crippen molar-refractivity contribution in [3.8, 4) is 0 Å². The molecule has 0 aromatic heterocycles. The highest BCUT2D eigenvalue weighted by atomic mass is 16.7. The molecule has 0 aliphatic carbocycles. The highest BCUT2D eigenvalue weighted by molar-refractivity contribution is 5.74. The first kappa shape index (κ1) is 18.7. The first-order valence-corrected chi connectivity index (χ1v) is 6.54. The van der Waals surface area contributed by atoms with Crippen molar-refractivity contribution >= 4 is 11.9 Å². The Morgan fingerprint density at radius 1 is 1.55 bits per heavy atom. The minimum absolute atomic E-state index is 0.568. The summed E-state index contributed by atoms with van der Waals surface area (Å²) < 4.78 is 9.76. The number of ether oxygens (including phenoxy) is 2. The van der Waals surface area contributed by atoms with Crippen LogP contribution in [0, 0.1) is 0 Å². The van der Waals surface area contributed by atoms with E-state index in [2.05, 4.69) is 5.32 Å². The van der Waals surface area contributed by atoms with Crippen LogP contribution < -0.4 is 10.4 Å². The van der Waals surface area contributed by atoms with Gasteiger partial charge in [-0.15, -0.1) is 0 Å². The van der Waals surface area contributed by atoms with Crippen LogP contribution in [0.1, 0.15) is 13.3 Å². The highest BCUT2D eigenvalue weighted by Crippen LogP contribution is 2.30. The van der Waals surface area contributed by atoms with Crippen LogP contribution >= 0.6 is 0 Å². The number of aliphatic carboxylic acids is 1. The smallest absolute Gasteiger partial charge is 0.217 e. The van der Waals surface area contributed by atoms with Crippen molar-refractivity contribution < 1.29 is 44.6 Å². The second-order valence-corrected chi connectivity index (χ2v) is 5.10. The number of rotatable bonds is 6. The number of aliphatic hydroxyl groups excluding tert-OH is 3. The first-order valence-electron chi connectivity index (χ1n) is 6.54. The molecule has 1 saturated heterocycles. The van der Waals surface area contributed by atoms with E-state index in [0.717, 1.165) is 6.92 Å². The van der Waals surface area contributed by atoms with Crippen LogP contribution in [0.2, 0.25) is 0 Å². The van der Waals surface area contributed by atoms with E-state index in [4.69, 9.17) is 14.6 Å². The summed E-state index contributed by atoms with van der Waals surface area (Å²) in [6, 6.07) is -1.21. The van der Waals surface area contributed by atoms with Crippen molar-refractivity contribution in [3.63, 3.8) is 0 Å². The van der Waals surface area contributed by atoms with Gasteiger partial charge in [0.15, 0.2) is 0 Å². The normalized spacial score (nSPS) is 34.7. The molecule has 0 spiro atoms. The lowest BCUT2D eigenvalue weighted by atomic mass is 9.88. The van der Waals surface area contributed by atoms with Crippen LogP contribution in [0.15, 0.2) is 0 Å². The van der Waals surface area contributed by atoms with Gasteiger partial charge in [0.2, 0.25) is 11.7 Å². The van der Waals surface area contributed by atoms with Gasteiger partial charge in [0, 0.05) is 20.5 Å². The monoisotopic (exact) mass is 322 g/mol. The zero-order valence-corrected chi connectivity index (χ0v) is 12.1. The van der Waals surface area contributed by atoms with E-state index in [1.165, 1.54) is 7.11 Å². The number of methoxy groups -OCH3 is 1. The fraction of sp³-hybridized carbons (Fsp3) is 0.833. The van der Waals surface area contributed by atoms with Crippen LogP contribution in [-0.2, 0) is 19.1 Å². The van der Waals surface area contributed by atoms with Crippen molar-refractivity contribution in [1.29, 1.82) is 0 Å². The number of hydrogen-bond donors (Lipinski definition) is 5. The average Bonchev–Trinajstić information content (AvgIpc) is 2.42. The maximum Gasteiger partial charge on any atom is 0.217 e. The van der Waals surface area contributed by atoms with Gasteiger partial charge in [-0.1, -0.05) is 0 Å². The van der Waals surface area contributed by atoms with Crippen LogP contribution in [0.4, 0.5) is 0 Å². The Kier molecular flexibility index (Phi) is 6.23. The molecule has 0 bridgehead atoms. The van der Waals surface area contributed by atoms with E-state index in [-0.39, 0.29) is 0 Å². The lowest BCUT2D eigenvalue weighted by molar-refractivity contribution is -0.374. The van der Waals surface area contributed by atoms with E-state index in [0.29, 0.717) is 0 Å². The summed E-state index contributed by atoms with van der Waals surface area (Å²) in [5.74, 6) is -5.40. The molecule has 0 aromatic carbocycles. The van der Waals surface area contributed by atoms with Crippen LogP contribution in [0.3, 0.4) is 0 Å². The largest absolute Gasteiger partial charge is 0.544 e. The Bertz CT molecular complexity index is 413. The first-order chi connectivity index (χ1) is 10.2. The van der Waals surface area contributed by atoms with Gasteiger partial charge >= 0.3 is 0 Å². The van der Waals surface area contributed by atoms with Gasteiger partial charge in [0.05, 0.1) is 18.8 Å². The molecule has 1 fully saturated rings. The minimum Gasteiger partial charge on any atom is -0.544 e. The van der Waals surface area contributed by atoms with Crippen molar-refractivity contribution in [3.05, 3.63) is 0 Å². The average molecular weight is 322 g/mol. The van der Waals surface area contributed by atoms with Gasteiger partial charge in [-0.2, -0.15) is 0 Å². The molecule has 1 unspecified atom stereocenters. The van der Waals surface area contributed by atoms with E-state index in [1.807, 2.05) is 0 Å². The molecule has 0 radical (unpaired) electrons. The van der Waals surface area contributed by atoms with Gasteiger partial charge < -0.3 is 45.1 Å². The summed E-state index contributed by atoms with van der Waals surface area (Å²) in [4.78, 5) is 22.2. The van der Waals surface area contributed by atoms with Gasteiger partial charge in [0.25, 0.3) is 0 Å². The summed E-state index contributed by atoms with van der Waals surface area (Å²) in [5, 5.41) is 52.4. The topological polar surface area (TPSA) is 169 Å². The number of amides is 1. The maximum absolute atomic E-state index is 11.2. The van der Waals surface area contributed by atoms with E-state index >= 15 is 0 Å². The number of carbonyl (C=O) groups excluding carboxylic acids is 2. The van der Waals surface area contributed by atoms with Gasteiger partial charge in [-0.25, -0.2) is 0 Å². The summed E-state index contributed by atoms with van der Waals surface area (Å²) in [6.45, 7) is 0.514. The maximum atomic E-state index is 11.2. The number of carboxylic acid groups (broad SMARTS) is 1. The lowest BCUT2D eigenvalue weighted by Gasteiger charge is -2.47. The molecule has 10 heteroatoms. The third-order valence-corrected chi connectivity index (χ3v) is 3.47. The Morgan fingerprint density at radius 2 is 2.14 bits per heavy atom. The predicted octanol–water partition coefficient (Wildman–Crippen LogP) is -4.55. The Labute approximate surface area is 126 Å². The molecule has 6 atom stereocenters. The molecule has 1 heterocycles. The fourth-order valence-electron chi connectivity index (χ4n) is 2.34. The van der Waals surface area contributed by atoms with Gasteiger partial charge in [-0.05, 0) is 0 Å². The SMILES string of the molecule is CO[C@H](CO)[C@@H](O)[C@@H]1OC(O)(C(=O)[O-])C[C@H](O)[C@H]1NC(C)=O. The summed E-state index contributed by atoms with van der Waals surface area (Å²) in [5.41, 5.74) is 0. The Balaban J connectivity index is 3.10. The Hall–Kier alpha value is -1.30. The van der Waals surface area contributed by atoms with Crippen LogP contribution in [0.25, 0.3) is 0 Å². The van der Waals surface area contributed by atoms with Crippen LogP contribution in [-0.4, -0.2) is 82.3 Å². The number of hydrogen-bond acceptors (Lipinski definition) is 9. The molecule has 1 amide bonds. The number of carboxylic acids is 1. The van der Waals surface area contributed by atoms with Crippen molar-refractivity contribution in [2.45, 2.75) is 49.6 Å². The molecule has 1 aliphatic rings. The molecular formula is C12H20NO9-. The predicted molar refractivity (Wildman–Crippen MR) is 66.9 cm³/mol. The molecule has 5 N–H and O–H groups in total. The lowest BCUT2D eigenvalue weighted by Crippen LogP contribution is -2.69. The van der Waals surface area contributed by atoms with Crippen molar-refractivity contribution in [1.82, 2.24) is 5.32 Å². The van der Waals surface area contributed by atoms with Crippen molar-refractivity contribution in [2.24, 2.45) is 0 Å². The second kappa shape index (κ2) is 7.31. The van der Waals surface area contributed by atoms with Crippen LogP contribution in [0.5, 0.6) is 0 Å². The molecule has 1 rings (SSSR count). The van der Waals surface area contributed by atoms with Gasteiger partial charge in [-0.3, -0.25) is 4.79 Å². The summed E-state index contributed by atoms with van der Waals surface area (Å²) in [7, 11) is 1.18. The zero-order valence-electron chi connectivity index (χ0n) is 12.1. The van der Waals surface area contributed by atoms with E-state index in [1.54, 1.807) is 0 Å². The third-order valence-electron chi connectivity index (χ3n) is 3.47. The number of carbonyl (C=O) groups is 2. The third kappa shape index (κ3) is 3.91. The second-order valence-electron chi connectivity index (χ2n) is 5.10. The Morgan fingerprint density at radius 3 is 2.55 bits per heavy atom. The standard InChI is InChI=1S/C12H21NO9/c1-5(15)13-8-6(16)3-12(20,11(18)19)22-10(8)9(17)7(4-14)21-2/h6-10,14,16-17,20H,3-4H2,1-2H3,(H,13,15)(H,18,19)/p-1/t6-,7+,8+,9+,10+,12?/m0/s1. The molecule has 1 aliphatic heterocycles. The summed E-state index contributed by atoms with van der Waals surface area (Å²) in [6.07, 6.45) is -6.66. The molecule has 0 aromatic rings. The van der Waals surface area contributed by atoms with E-state index in [9.17, 15) is 30.0 Å². The molecular weight excluding hydrogens is 302 g/mol. The number of aliphatic hydroxyl groups is 4. The number of nitrogens with one attached hydrogen (secondary N) is 1. The molecule has 10 nitrogen and oxygen atoms in total. The highest BCUT2D eigenvalue weighted by Gasteiger charge is 2.51. The fourth-order valence-corrected chi connectivity index (χ4v) is 2.34. The molecule has 128 valence electrons. The van der Waals surface area contributed by atoms with Gasteiger partial charge in [0.1, 0.15) is 24.3 Å². The minimum atomic E-state index is -2.84. The van der Waals surface area contributed by atoms with E-state index < -0.39 is 61.1 Å².